The lowest BCUT2D eigenvalue weighted by Crippen LogP contribution is -2.23. The summed E-state index contributed by atoms with van der Waals surface area (Å²) in [5, 5.41) is 0. The van der Waals surface area contributed by atoms with Gasteiger partial charge in [-0.3, -0.25) is 4.79 Å². The number of carbonyl (C=O) groups excluding carboxylic acids is 1. The minimum Gasteiger partial charge on any atom is -0.348 e. The fraction of sp³-hybridized carbons (Fsp3) is 0.273. The maximum atomic E-state index is 11.5. The van der Waals surface area contributed by atoms with Crippen LogP contribution in [0, 0.1) is 0 Å². The van der Waals surface area contributed by atoms with Gasteiger partial charge in [0.2, 0.25) is 5.91 Å². The molecule has 0 spiro atoms. The molecule has 0 radical (unpaired) electrons. The maximum absolute atomic E-state index is 11.5. The van der Waals surface area contributed by atoms with Crippen molar-refractivity contribution in [3.8, 4) is 0 Å². The zero-order valence-corrected chi connectivity index (χ0v) is 8.84. The second kappa shape index (κ2) is 3.73. The third-order valence-electron chi connectivity index (χ3n) is 2.25. The van der Waals surface area contributed by atoms with Crippen LogP contribution in [0.5, 0.6) is 0 Å². The van der Waals surface area contributed by atoms with E-state index >= 15 is 0 Å². The molecular weight excluding hydrogens is 190 g/mol. The quantitative estimate of drug-likeness (QED) is 0.729. The number of aromatic nitrogens is 2. The molecule has 2 aromatic heterocycles. The molecule has 78 valence electrons. The molecule has 0 aliphatic heterocycles. The number of pyridine rings is 1. The molecule has 4 nitrogen and oxygen atoms in total. The van der Waals surface area contributed by atoms with Gasteiger partial charge in [-0.1, -0.05) is 6.07 Å². The lowest BCUT2D eigenvalue weighted by molar-refractivity contribution is -0.128. The van der Waals surface area contributed by atoms with Crippen LogP contribution in [0.25, 0.3) is 5.65 Å². The van der Waals surface area contributed by atoms with E-state index in [1.54, 1.807) is 19.0 Å². The van der Waals surface area contributed by atoms with Crippen molar-refractivity contribution < 1.29 is 4.79 Å². The molecule has 0 N–H and O–H groups in total. The highest BCUT2D eigenvalue weighted by Crippen LogP contribution is 2.05. The molecule has 0 unspecified atom stereocenters. The average Bonchev–Trinajstić information content (AvgIpc) is 2.59. The van der Waals surface area contributed by atoms with E-state index in [-0.39, 0.29) is 5.91 Å². The van der Waals surface area contributed by atoms with Crippen LogP contribution in [0.15, 0.2) is 30.6 Å². The van der Waals surface area contributed by atoms with E-state index in [9.17, 15) is 4.79 Å². The number of hydrogen-bond donors (Lipinski definition) is 0. The first kappa shape index (κ1) is 9.71. The minimum absolute atomic E-state index is 0.0680. The van der Waals surface area contributed by atoms with Gasteiger partial charge in [-0.2, -0.15) is 0 Å². The predicted molar refractivity (Wildman–Crippen MR) is 57.6 cm³/mol. The van der Waals surface area contributed by atoms with Crippen LogP contribution in [-0.2, 0) is 11.2 Å². The van der Waals surface area contributed by atoms with Crippen LogP contribution in [0.1, 0.15) is 5.69 Å². The molecule has 0 aliphatic rings. The molecular formula is C11H13N3O. The van der Waals surface area contributed by atoms with Crippen molar-refractivity contribution >= 4 is 11.6 Å². The van der Waals surface area contributed by atoms with Crippen molar-refractivity contribution in [2.75, 3.05) is 14.1 Å². The van der Waals surface area contributed by atoms with Crippen LogP contribution in [0.4, 0.5) is 0 Å². The third kappa shape index (κ3) is 1.98. The first-order valence-electron chi connectivity index (χ1n) is 4.79. The van der Waals surface area contributed by atoms with Crippen molar-refractivity contribution in [3.05, 3.63) is 36.3 Å². The highest BCUT2D eigenvalue weighted by atomic mass is 16.2. The Morgan fingerprint density at radius 1 is 1.47 bits per heavy atom. The van der Waals surface area contributed by atoms with Crippen molar-refractivity contribution in [2.45, 2.75) is 6.42 Å². The zero-order valence-electron chi connectivity index (χ0n) is 8.84. The normalized spacial score (nSPS) is 10.5. The Hall–Kier alpha value is -1.84. The van der Waals surface area contributed by atoms with Crippen LogP contribution in [0.3, 0.4) is 0 Å². The standard InChI is InChI=1S/C11H13N3O/c1-13(2)11(15)7-9-8-14-6-4-3-5-10(14)12-9/h3-6,8H,7H2,1-2H3. The van der Waals surface area contributed by atoms with E-state index in [1.165, 1.54) is 0 Å². The number of carbonyl (C=O) groups is 1. The first-order chi connectivity index (χ1) is 7.16. The second-order valence-electron chi connectivity index (χ2n) is 3.66. The highest BCUT2D eigenvalue weighted by molar-refractivity contribution is 5.77. The predicted octanol–water partition coefficient (Wildman–Crippen LogP) is 0.965. The summed E-state index contributed by atoms with van der Waals surface area (Å²) < 4.78 is 1.91. The molecule has 2 heterocycles. The SMILES string of the molecule is CN(C)C(=O)Cc1cn2ccccc2n1. The van der Waals surface area contributed by atoms with Crippen LogP contribution in [0.2, 0.25) is 0 Å². The summed E-state index contributed by atoms with van der Waals surface area (Å²) in [4.78, 5) is 17.4. The molecule has 1 amide bonds. The Bertz CT molecular complexity index is 454. The van der Waals surface area contributed by atoms with Gasteiger partial charge >= 0.3 is 0 Å². The molecule has 0 aliphatic carbocycles. The molecule has 2 rings (SSSR count). The Labute approximate surface area is 88.2 Å². The second-order valence-corrected chi connectivity index (χ2v) is 3.66. The van der Waals surface area contributed by atoms with E-state index in [0.717, 1.165) is 11.3 Å². The van der Waals surface area contributed by atoms with Crippen LogP contribution >= 0.6 is 0 Å². The molecule has 0 saturated heterocycles. The van der Waals surface area contributed by atoms with Gasteiger partial charge in [0.05, 0.1) is 12.1 Å². The lowest BCUT2D eigenvalue weighted by Gasteiger charge is -2.07. The molecule has 0 saturated carbocycles. The summed E-state index contributed by atoms with van der Waals surface area (Å²) in [5.74, 6) is 0.0680. The van der Waals surface area contributed by atoms with Gasteiger partial charge in [0.25, 0.3) is 0 Å². The number of imidazole rings is 1. The smallest absolute Gasteiger partial charge is 0.228 e. The van der Waals surface area contributed by atoms with Crippen LogP contribution in [-0.4, -0.2) is 34.3 Å². The monoisotopic (exact) mass is 203 g/mol. The Morgan fingerprint density at radius 2 is 2.27 bits per heavy atom. The van der Waals surface area contributed by atoms with Crippen molar-refractivity contribution in [1.29, 1.82) is 0 Å². The number of nitrogens with zero attached hydrogens (tertiary/aromatic N) is 3. The number of rotatable bonds is 2. The fourth-order valence-electron chi connectivity index (χ4n) is 1.39. The Kier molecular flexibility index (Phi) is 2.41. The van der Waals surface area contributed by atoms with Gasteiger partial charge < -0.3 is 9.30 Å². The first-order valence-corrected chi connectivity index (χ1v) is 4.79. The molecule has 15 heavy (non-hydrogen) atoms. The van der Waals surface area contributed by atoms with E-state index in [0.29, 0.717) is 6.42 Å². The number of amides is 1. The molecule has 0 aromatic carbocycles. The van der Waals surface area contributed by atoms with E-state index < -0.39 is 0 Å². The van der Waals surface area contributed by atoms with Gasteiger partial charge in [0, 0.05) is 26.5 Å². The maximum Gasteiger partial charge on any atom is 0.228 e. The van der Waals surface area contributed by atoms with Gasteiger partial charge in [-0.15, -0.1) is 0 Å². The van der Waals surface area contributed by atoms with E-state index in [4.69, 9.17) is 0 Å². The van der Waals surface area contributed by atoms with E-state index in [1.807, 2.05) is 35.0 Å². The third-order valence-corrected chi connectivity index (χ3v) is 2.25. The average molecular weight is 203 g/mol. The largest absolute Gasteiger partial charge is 0.348 e. The van der Waals surface area contributed by atoms with Gasteiger partial charge in [-0.05, 0) is 12.1 Å². The van der Waals surface area contributed by atoms with Crippen molar-refractivity contribution in [3.63, 3.8) is 0 Å². The molecule has 0 fully saturated rings. The summed E-state index contributed by atoms with van der Waals surface area (Å²) in [7, 11) is 3.50. The summed E-state index contributed by atoms with van der Waals surface area (Å²) in [6, 6.07) is 5.79. The summed E-state index contributed by atoms with van der Waals surface area (Å²) >= 11 is 0. The summed E-state index contributed by atoms with van der Waals surface area (Å²) in [6.07, 6.45) is 4.16. The van der Waals surface area contributed by atoms with Crippen molar-refractivity contribution in [1.82, 2.24) is 14.3 Å². The van der Waals surface area contributed by atoms with E-state index in [2.05, 4.69) is 4.98 Å². The topological polar surface area (TPSA) is 37.6 Å². The van der Waals surface area contributed by atoms with Crippen LogP contribution < -0.4 is 0 Å². The van der Waals surface area contributed by atoms with Gasteiger partial charge in [0.1, 0.15) is 5.65 Å². The Balaban J connectivity index is 2.26. The zero-order chi connectivity index (χ0) is 10.8. The van der Waals surface area contributed by atoms with Gasteiger partial charge in [-0.25, -0.2) is 4.98 Å². The number of likely N-dealkylation sites (N-methyl/N-ethyl adjacent to an activating group) is 1. The number of hydrogen-bond acceptors (Lipinski definition) is 2. The minimum atomic E-state index is 0.0680. The summed E-state index contributed by atoms with van der Waals surface area (Å²) in [6.45, 7) is 0. The fourth-order valence-corrected chi connectivity index (χ4v) is 1.39. The molecule has 0 atom stereocenters. The van der Waals surface area contributed by atoms with Gasteiger partial charge in [0.15, 0.2) is 0 Å². The summed E-state index contributed by atoms with van der Waals surface area (Å²) in [5.41, 5.74) is 1.68. The molecule has 0 bridgehead atoms. The lowest BCUT2D eigenvalue weighted by atomic mass is 10.3. The highest BCUT2D eigenvalue weighted by Gasteiger charge is 2.08. The Morgan fingerprint density at radius 3 is 2.93 bits per heavy atom. The molecule has 2 aromatic rings. The van der Waals surface area contributed by atoms with Crippen molar-refractivity contribution in [2.24, 2.45) is 0 Å². The number of fused-ring (bicyclic) bond motifs is 1. The molecule has 4 heteroatoms.